The number of methoxy groups -OCH3 is 1. The third-order valence-corrected chi connectivity index (χ3v) is 5.22. The molecule has 0 aliphatic carbocycles. The highest BCUT2D eigenvalue weighted by atomic mass is 32.1. The van der Waals surface area contributed by atoms with Gasteiger partial charge in [-0.15, -0.1) is 11.3 Å². The average molecular weight is 359 g/mol. The number of likely N-dealkylation sites (tertiary alicyclic amines) is 1. The number of thiophene rings is 1. The molecule has 25 heavy (non-hydrogen) atoms. The third-order valence-electron chi connectivity index (χ3n) is 4.36. The van der Waals surface area contributed by atoms with Gasteiger partial charge in [-0.25, -0.2) is 4.98 Å². The van der Waals surface area contributed by atoms with Gasteiger partial charge in [-0.2, -0.15) is 0 Å². The number of ether oxygens (including phenoxy) is 1. The SMILES string of the molecule is COc1ccc(CNC(=O)C2CCN(C(=O)c3cccs3)CC2)cn1. The lowest BCUT2D eigenvalue weighted by Crippen LogP contribution is -2.42. The number of aromatic nitrogens is 1. The van der Waals surface area contributed by atoms with E-state index >= 15 is 0 Å². The number of rotatable bonds is 5. The molecule has 1 saturated heterocycles. The molecule has 3 heterocycles. The van der Waals surface area contributed by atoms with Crippen LogP contribution >= 0.6 is 11.3 Å². The van der Waals surface area contributed by atoms with Crippen LogP contribution in [-0.4, -0.2) is 41.9 Å². The molecule has 0 bridgehead atoms. The minimum Gasteiger partial charge on any atom is -0.481 e. The van der Waals surface area contributed by atoms with Crippen molar-refractivity contribution in [2.24, 2.45) is 5.92 Å². The standard InChI is InChI=1S/C18H21N3O3S/c1-24-16-5-4-13(11-19-16)12-20-17(22)14-6-8-21(9-7-14)18(23)15-3-2-10-25-15/h2-5,10-11,14H,6-9,12H2,1H3,(H,20,22). The lowest BCUT2D eigenvalue weighted by Gasteiger charge is -2.31. The van der Waals surface area contributed by atoms with Gasteiger partial charge in [0, 0.05) is 37.8 Å². The third kappa shape index (κ3) is 4.36. The Bertz CT molecular complexity index is 708. The van der Waals surface area contributed by atoms with Gasteiger partial charge in [0.1, 0.15) is 0 Å². The van der Waals surface area contributed by atoms with E-state index in [-0.39, 0.29) is 17.7 Å². The summed E-state index contributed by atoms with van der Waals surface area (Å²) >= 11 is 1.45. The van der Waals surface area contributed by atoms with Gasteiger partial charge in [0.2, 0.25) is 11.8 Å². The number of piperidine rings is 1. The molecule has 1 aliphatic rings. The maximum Gasteiger partial charge on any atom is 0.263 e. The predicted octanol–water partition coefficient (Wildman–Crippen LogP) is 2.32. The van der Waals surface area contributed by atoms with Gasteiger partial charge in [-0.1, -0.05) is 12.1 Å². The van der Waals surface area contributed by atoms with Crippen molar-refractivity contribution in [3.05, 3.63) is 46.3 Å². The molecular weight excluding hydrogens is 338 g/mol. The van der Waals surface area contributed by atoms with Crippen molar-refractivity contribution in [2.45, 2.75) is 19.4 Å². The van der Waals surface area contributed by atoms with E-state index in [2.05, 4.69) is 10.3 Å². The second kappa shape index (κ2) is 8.11. The minimum absolute atomic E-state index is 0.0408. The van der Waals surface area contributed by atoms with E-state index in [4.69, 9.17) is 4.74 Å². The van der Waals surface area contributed by atoms with E-state index in [1.54, 1.807) is 19.4 Å². The quantitative estimate of drug-likeness (QED) is 0.889. The van der Waals surface area contributed by atoms with E-state index in [9.17, 15) is 9.59 Å². The Morgan fingerprint density at radius 3 is 2.72 bits per heavy atom. The van der Waals surface area contributed by atoms with Crippen LogP contribution in [0.2, 0.25) is 0 Å². The molecule has 0 unspecified atom stereocenters. The fourth-order valence-corrected chi connectivity index (χ4v) is 3.56. The van der Waals surface area contributed by atoms with Crippen molar-refractivity contribution in [3.8, 4) is 5.88 Å². The molecule has 2 aromatic rings. The molecule has 0 atom stereocenters. The fraction of sp³-hybridized carbons (Fsp3) is 0.389. The van der Waals surface area contributed by atoms with E-state index in [0.29, 0.717) is 38.4 Å². The first kappa shape index (κ1) is 17.4. The van der Waals surface area contributed by atoms with Gasteiger partial charge in [0.25, 0.3) is 5.91 Å². The van der Waals surface area contributed by atoms with Crippen LogP contribution in [0.5, 0.6) is 5.88 Å². The molecule has 1 fully saturated rings. The topological polar surface area (TPSA) is 71.5 Å². The Hall–Kier alpha value is -2.41. The highest BCUT2D eigenvalue weighted by Crippen LogP contribution is 2.21. The molecule has 1 aliphatic heterocycles. The number of pyridine rings is 1. The minimum atomic E-state index is -0.0430. The second-order valence-corrected chi connectivity index (χ2v) is 6.92. The van der Waals surface area contributed by atoms with Gasteiger partial charge in [-0.05, 0) is 29.9 Å². The summed E-state index contributed by atoms with van der Waals surface area (Å²) in [6.45, 7) is 1.70. The molecule has 1 N–H and O–H groups in total. The Morgan fingerprint density at radius 2 is 2.12 bits per heavy atom. The molecule has 132 valence electrons. The van der Waals surface area contributed by atoms with Crippen LogP contribution in [-0.2, 0) is 11.3 Å². The normalized spacial score (nSPS) is 15.0. The molecule has 7 heteroatoms. The lowest BCUT2D eigenvalue weighted by molar-refractivity contribution is -0.126. The van der Waals surface area contributed by atoms with E-state index < -0.39 is 0 Å². The number of carbonyl (C=O) groups is 2. The summed E-state index contributed by atoms with van der Waals surface area (Å²) < 4.78 is 5.02. The van der Waals surface area contributed by atoms with Crippen LogP contribution in [0.3, 0.4) is 0 Å². The number of carbonyl (C=O) groups excluding carboxylic acids is 2. The van der Waals surface area contributed by atoms with Gasteiger partial charge in [0.05, 0.1) is 12.0 Å². The predicted molar refractivity (Wildman–Crippen MR) is 95.6 cm³/mol. The van der Waals surface area contributed by atoms with Crippen LogP contribution in [0.15, 0.2) is 35.8 Å². The van der Waals surface area contributed by atoms with Gasteiger partial charge < -0.3 is 15.0 Å². The Labute approximate surface area is 150 Å². The molecule has 0 spiro atoms. The molecule has 3 rings (SSSR count). The van der Waals surface area contributed by atoms with Gasteiger partial charge >= 0.3 is 0 Å². The van der Waals surface area contributed by atoms with E-state index in [0.717, 1.165) is 10.4 Å². The van der Waals surface area contributed by atoms with Crippen LogP contribution in [0.4, 0.5) is 0 Å². The zero-order chi connectivity index (χ0) is 17.6. The van der Waals surface area contributed by atoms with Gasteiger partial charge in [0.15, 0.2) is 0 Å². The van der Waals surface area contributed by atoms with E-state index in [1.165, 1.54) is 11.3 Å². The highest BCUT2D eigenvalue weighted by Gasteiger charge is 2.27. The molecule has 2 aromatic heterocycles. The number of hydrogen-bond donors (Lipinski definition) is 1. The largest absolute Gasteiger partial charge is 0.481 e. The second-order valence-electron chi connectivity index (χ2n) is 5.97. The maximum absolute atomic E-state index is 12.3. The summed E-state index contributed by atoms with van der Waals surface area (Å²) in [5.41, 5.74) is 0.930. The number of hydrogen-bond acceptors (Lipinski definition) is 5. The first-order valence-corrected chi connectivity index (χ1v) is 9.14. The van der Waals surface area contributed by atoms with E-state index in [1.807, 2.05) is 28.5 Å². The number of nitrogens with zero attached hydrogens (tertiary/aromatic N) is 2. The van der Waals surface area contributed by atoms with Crippen molar-refractivity contribution in [1.29, 1.82) is 0 Å². The molecular formula is C18H21N3O3S. The molecule has 2 amide bonds. The monoisotopic (exact) mass is 359 g/mol. The van der Waals surface area contributed by atoms with Crippen molar-refractivity contribution in [3.63, 3.8) is 0 Å². The number of amides is 2. The zero-order valence-corrected chi connectivity index (χ0v) is 14.9. The summed E-state index contributed by atoms with van der Waals surface area (Å²) in [7, 11) is 1.57. The fourth-order valence-electron chi connectivity index (χ4n) is 2.87. The summed E-state index contributed by atoms with van der Waals surface area (Å²) in [4.78, 5) is 31.4. The van der Waals surface area contributed by atoms with Crippen molar-refractivity contribution < 1.29 is 14.3 Å². The van der Waals surface area contributed by atoms with Crippen LogP contribution in [0.1, 0.15) is 28.1 Å². The zero-order valence-electron chi connectivity index (χ0n) is 14.1. The summed E-state index contributed by atoms with van der Waals surface area (Å²) in [6, 6.07) is 7.38. The van der Waals surface area contributed by atoms with Crippen molar-refractivity contribution >= 4 is 23.2 Å². The smallest absolute Gasteiger partial charge is 0.263 e. The first-order chi connectivity index (χ1) is 12.2. The number of nitrogens with one attached hydrogen (secondary N) is 1. The molecule has 6 nitrogen and oxygen atoms in total. The Morgan fingerprint density at radius 1 is 1.32 bits per heavy atom. The average Bonchev–Trinajstić information content (AvgIpc) is 3.21. The highest BCUT2D eigenvalue weighted by molar-refractivity contribution is 7.12. The lowest BCUT2D eigenvalue weighted by atomic mass is 9.95. The van der Waals surface area contributed by atoms with Gasteiger partial charge in [-0.3, -0.25) is 9.59 Å². The van der Waals surface area contributed by atoms with Crippen LogP contribution < -0.4 is 10.1 Å². The Kier molecular flexibility index (Phi) is 5.65. The first-order valence-electron chi connectivity index (χ1n) is 8.27. The Balaban J connectivity index is 1.45. The van der Waals surface area contributed by atoms with Crippen LogP contribution in [0, 0.1) is 5.92 Å². The molecule has 0 radical (unpaired) electrons. The summed E-state index contributed by atoms with van der Waals surface area (Å²) in [6.07, 6.45) is 3.09. The van der Waals surface area contributed by atoms with Crippen molar-refractivity contribution in [1.82, 2.24) is 15.2 Å². The summed E-state index contributed by atoms with van der Waals surface area (Å²) in [5, 5.41) is 4.86. The van der Waals surface area contributed by atoms with Crippen LogP contribution in [0.25, 0.3) is 0 Å². The molecule has 0 aromatic carbocycles. The maximum atomic E-state index is 12.3. The van der Waals surface area contributed by atoms with Crippen molar-refractivity contribution in [2.75, 3.05) is 20.2 Å². The molecule has 0 saturated carbocycles. The summed E-state index contributed by atoms with van der Waals surface area (Å²) in [5.74, 6) is 0.619.